The first-order chi connectivity index (χ1) is 7.12. The SMILES string of the molecule is CS(=O)(=O)CCC#N.CS(=O)(=O)CCC#N. The molecule has 0 radical (unpaired) electrons. The molecule has 0 bridgehead atoms. The number of rotatable bonds is 4. The molecule has 16 heavy (non-hydrogen) atoms. The average molecular weight is 266 g/mol. The van der Waals surface area contributed by atoms with E-state index in [1.165, 1.54) is 0 Å². The van der Waals surface area contributed by atoms with Gasteiger partial charge in [0.1, 0.15) is 19.7 Å². The second kappa shape index (κ2) is 8.08. The summed E-state index contributed by atoms with van der Waals surface area (Å²) in [7, 11) is -5.82. The van der Waals surface area contributed by atoms with E-state index in [-0.39, 0.29) is 24.3 Å². The first kappa shape index (κ1) is 17.3. The predicted molar refractivity (Wildman–Crippen MR) is 59.9 cm³/mol. The fourth-order valence-electron chi connectivity index (χ4n) is 0.462. The van der Waals surface area contributed by atoms with Crippen LogP contribution in [0.4, 0.5) is 0 Å². The molecule has 0 aliphatic heterocycles. The van der Waals surface area contributed by atoms with Crippen LogP contribution in [0.5, 0.6) is 0 Å². The van der Waals surface area contributed by atoms with Gasteiger partial charge in [0.15, 0.2) is 0 Å². The topological polar surface area (TPSA) is 116 Å². The molecule has 0 fully saturated rings. The van der Waals surface area contributed by atoms with Crippen molar-refractivity contribution in [2.75, 3.05) is 24.0 Å². The third-order valence-corrected chi connectivity index (χ3v) is 3.06. The third-order valence-electron chi connectivity index (χ3n) is 1.17. The van der Waals surface area contributed by atoms with Crippen molar-refractivity contribution in [1.29, 1.82) is 10.5 Å². The number of hydrogen-bond donors (Lipinski definition) is 0. The van der Waals surface area contributed by atoms with Gasteiger partial charge in [-0.15, -0.1) is 0 Å². The summed E-state index contributed by atoms with van der Waals surface area (Å²) < 4.78 is 41.0. The van der Waals surface area contributed by atoms with E-state index in [2.05, 4.69) is 0 Å². The van der Waals surface area contributed by atoms with Gasteiger partial charge in [-0.25, -0.2) is 16.8 Å². The Bertz CT molecular complexity index is 419. The van der Waals surface area contributed by atoms with E-state index in [9.17, 15) is 16.8 Å². The maximum atomic E-state index is 10.2. The molecule has 0 unspecified atom stereocenters. The smallest absolute Gasteiger partial charge is 0.148 e. The lowest BCUT2D eigenvalue weighted by Crippen LogP contribution is -2.00. The summed E-state index contributed by atoms with van der Waals surface area (Å²) in [6.07, 6.45) is 2.42. The fourth-order valence-corrected chi connectivity index (χ4v) is 1.39. The van der Waals surface area contributed by atoms with E-state index in [0.29, 0.717) is 0 Å². The molecular weight excluding hydrogens is 252 g/mol. The van der Waals surface area contributed by atoms with Gasteiger partial charge in [-0.3, -0.25) is 0 Å². The van der Waals surface area contributed by atoms with Gasteiger partial charge in [-0.1, -0.05) is 0 Å². The minimum Gasteiger partial charge on any atom is -0.229 e. The van der Waals surface area contributed by atoms with Gasteiger partial charge in [-0.2, -0.15) is 10.5 Å². The Labute approximate surface area is 96.3 Å². The first-order valence-corrected chi connectivity index (χ1v) is 8.34. The molecule has 0 aromatic rings. The Balaban J connectivity index is 0. The van der Waals surface area contributed by atoms with Crippen molar-refractivity contribution in [1.82, 2.24) is 0 Å². The lowest BCUT2D eigenvalue weighted by Gasteiger charge is -1.85. The summed E-state index contributed by atoms with van der Waals surface area (Å²) >= 11 is 0. The molecule has 0 atom stereocenters. The van der Waals surface area contributed by atoms with Gasteiger partial charge >= 0.3 is 0 Å². The summed E-state index contributed by atoms with van der Waals surface area (Å²) in [5.41, 5.74) is 0. The summed E-state index contributed by atoms with van der Waals surface area (Å²) in [6, 6.07) is 3.49. The predicted octanol–water partition coefficient (Wildman–Crippen LogP) is -0.111. The molecule has 0 aromatic carbocycles. The molecule has 0 rings (SSSR count). The van der Waals surface area contributed by atoms with Crippen LogP contribution in [0.2, 0.25) is 0 Å². The van der Waals surface area contributed by atoms with Gasteiger partial charge in [0.2, 0.25) is 0 Å². The lowest BCUT2D eigenvalue weighted by molar-refractivity contribution is 0.600. The van der Waals surface area contributed by atoms with Crippen LogP contribution in [0.3, 0.4) is 0 Å². The van der Waals surface area contributed by atoms with E-state index in [0.717, 1.165) is 12.5 Å². The normalized spacial score (nSPS) is 10.5. The van der Waals surface area contributed by atoms with Crippen LogP contribution in [0.25, 0.3) is 0 Å². The highest BCUT2D eigenvalue weighted by atomic mass is 32.2. The molecule has 0 spiro atoms. The van der Waals surface area contributed by atoms with Crippen LogP contribution in [-0.2, 0) is 19.7 Å². The highest BCUT2D eigenvalue weighted by molar-refractivity contribution is 7.90. The van der Waals surface area contributed by atoms with E-state index in [4.69, 9.17) is 10.5 Å². The van der Waals surface area contributed by atoms with Crippen LogP contribution in [0.15, 0.2) is 0 Å². The quantitative estimate of drug-likeness (QED) is 0.701. The van der Waals surface area contributed by atoms with Gasteiger partial charge in [0.05, 0.1) is 23.6 Å². The molecule has 0 saturated heterocycles. The monoisotopic (exact) mass is 266 g/mol. The van der Waals surface area contributed by atoms with Crippen LogP contribution in [0, 0.1) is 22.7 Å². The summed E-state index contributed by atoms with van der Waals surface area (Å²) in [6.45, 7) is 0. The number of nitrogens with zero attached hydrogens (tertiary/aromatic N) is 2. The Morgan fingerprint density at radius 1 is 0.812 bits per heavy atom. The Morgan fingerprint density at radius 3 is 1.12 bits per heavy atom. The highest BCUT2D eigenvalue weighted by Gasteiger charge is 1.98. The molecule has 0 N–H and O–H groups in total. The Morgan fingerprint density at radius 2 is 1.06 bits per heavy atom. The van der Waals surface area contributed by atoms with Crippen molar-refractivity contribution in [2.24, 2.45) is 0 Å². The second-order valence-electron chi connectivity index (χ2n) is 3.08. The van der Waals surface area contributed by atoms with Gasteiger partial charge in [0, 0.05) is 25.4 Å². The maximum absolute atomic E-state index is 10.2. The van der Waals surface area contributed by atoms with E-state index in [1.54, 1.807) is 12.1 Å². The van der Waals surface area contributed by atoms with Crippen molar-refractivity contribution in [3.05, 3.63) is 0 Å². The summed E-state index contributed by atoms with van der Waals surface area (Å²) in [4.78, 5) is 0. The van der Waals surface area contributed by atoms with E-state index < -0.39 is 19.7 Å². The van der Waals surface area contributed by atoms with Crippen LogP contribution in [-0.4, -0.2) is 40.9 Å². The number of sulfone groups is 2. The molecular formula is C8H14N2O4S2. The summed E-state index contributed by atoms with van der Waals surface area (Å²) in [5.74, 6) is -0.0486. The largest absolute Gasteiger partial charge is 0.229 e. The highest BCUT2D eigenvalue weighted by Crippen LogP contribution is 1.85. The standard InChI is InChI=1S/2C4H7NO2S/c2*1-8(6,7)4-2-3-5/h2*2,4H2,1H3. The molecule has 0 aliphatic carbocycles. The second-order valence-corrected chi connectivity index (χ2v) is 7.60. The van der Waals surface area contributed by atoms with Gasteiger partial charge < -0.3 is 0 Å². The molecule has 0 saturated carbocycles. The van der Waals surface area contributed by atoms with Crippen LogP contribution in [0.1, 0.15) is 12.8 Å². The van der Waals surface area contributed by atoms with Gasteiger partial charge in [-0.05, 0) is 0 Å². The molecule has 0 heterocycles. The molecule has 0 aromatic heterocycles. The average Bonchev–Trinajstić information content (AvgIpc) is 2.10. The van der Waals surface area contributed by atoms with Crippen molar-refractivity contribution in [3.8, 4) is 12.1 Å². The zero-order chi connectivity index (χ0) is 13.2. The lowest BCUT2D eigenvalue weighted by atomic mass is 10.6. The molecule has 0 aliphatic rings. The third kappa shape index (κ3) is 23.1. The Kier molecular flexibility index (Phi) is 8.73. The van der Waals surface area contributed by atoms with Crippen LogP contribution >= 0.6 is 0 Å². The van der Waals surface area contributed by atoms with Crippen LogP contribution < -0.4 is 0 Å². The summed E-state index contributed by atoms with van der Waals surface area (Å²) in [5, 5.41) is 15.8. The minimum atomic E-state index is -2.91. The zero-order valence-corrected chi connectivity index (χ0v) is 10.8. The van der Waals surface area contributed by atoms with Gasteiger partial charge in [0.25, 0.3) is 0 Å². The van der Waals surface area contributed by atoms with E-state index >= 15 is 0 Å². The molecule has 8 heteroatoms. The minimum absolute atomic E-state index is 0.0243. The van der Waals surface area contributed by atoms with Crippen molar-refractivity contribution in [3.63, 3.8) is 0 Å². The fraction of sp³-hybridized carbons (Fsp3) is 0.750. The number of hydrogen-bond acceptors (Lipinski definition) is 6. The Hall–Kier alpha value is -1.12. The van der Waals surface area contributed by atoms with Crippen molar-refractivity contribution < 1.29 is 16.8 Å². The number of nitriles is 2. The first-order valence-electron chi connectivity index (χ1n) is 4.21. The molecule has 6 nitrogen and oxygen atoms in total. The zero-order valence-electron chi connectivity index (χ0n) is 9.17. The molecule has 92 valence electrons. The van der Waals surface area contributed by atoms with E-state index in [1.807, 2.05) is 0 Å². The van der Waals surface area contributed by atoms with Crippen molar-refractivity contribution in [2.45, 2.75) is 12.8 Å². The molecule has 0 amide bonds. The van der Waals surface area contributed by atoms with Crippen molar-refractivity contribution >= 4 is 19.7 Å². The maximum Gasteiger partial charge on any atom is 0.148 e.